The molecule has 1 aromatic rings. The second kappa shape index (κ2) is 6.14. The van der Waals surface area contributed by atoms with Gasteiger partial charge >= 0.3 is 0 Å². The average Bonchev–Trinajstić information content (AvgIpc) is 2.40. The van der Waals surface area contributed by atoms with Crippen molar-refractivity contribution in [2.75, 3.05) is 0 Å². The number of carbonyl (C=O) groups is 1. The molecule has 2 nitrogen and oxygen atoms in total. The fourth-order valence-corrected chi connectivity index (χ4v) is 2.79. The third-order valence-electron chi connectivity index (χ3n) is 4.00. The van der Waals surface area contributed by atoms with Crippen molar-refractivity contribution in [3.63, 3.8) is 0 Å². The van der Waals surface area contributed by atoms with Crippen LogP contribution >= 0.6 is 0 Å². The molecule has 2 heteroatoms. The maximum Gasteiger partial charge on any atom is 0.132 e. The Balaban J connectivity index is 1.99. The summed E-state index contributed by atoms with van der Waals surface area (Å²) in [4.78, 5) is 11.2. The lowest BCUT2D eigenvalue weighted by molar-refractivity contribution is -0.121. The number of Topliss-reactive ketones (excluding diaryl/α,β-unsaturated/α-hetero) is 1. The first-order valence-electron chi connectivity index (χ1n) is 7.07. The van der Waals surface area contributed by atoms with Crippen LogP contribution in [0.4, 0.5) is 0 Å². The molecule has 98 valence electrons. The highest BCUT2D eigenvalue weighted by molar-refractivity contribution is 5.79. The lowest BCUT2D eigenvalue weighted by Crippen LogP contribution is -2.26. The Morgan fingerprint density at radius 3 is 2.39 bits per heavy atom. The number of carbonyl (C=O) groups excluding carboxylic acids is 1. The number of benzene rings is 1. The summed E-state index contributed by atoms with van der Waals surface area (Å²) in [5.41, 5.74) is 8.93. The van der Waals surface area contributed by atoms with Crippen molar-refractivity contribution in [3.8, 4) is 0 Å². The second-order valence-electron chi connectivity index (χ2n) is 5.39. The van der Waals surface area contributed by atoms with Crippen LogP contribution in [0.15, 0.2) is 24.3 Å². The fourth-order valence-electron chi connectivity index (χ4n) is 2.79. The number of rotatable bonds is 4. The maximum atomic E-state index is 11.2. The third kappa shape index (κ3) is 3.20. The summed E-state index contributed by atoms with van der Waals surface area (Å²) >= 11 is 0. The highest BCUT2D eigenvalue weighted by atomic mass is 16.1. The van der Waals surface area contributed by atoms with Gasteiger partial charge in [0.15, 0.2) is 0 Å². The van der Waals surface area contributed by atoms with Gasteiger partial charge in [-0.3, -0.25) is 4.79 Å². The first-order valence-corrected chi connectivity index (χ1v) is 7.07. The minimum Gasteiger partial charge on any atom is -0.324 e. The Bertz CT molecular complexity index is 386. The number of aryl methyl sites for hydroxylation is 1. The minimum atomic E-state index is 0.0915. The Hall–Kier alpha value is -1.15. The van der Waals surface area contributed by atoms with Gasteiger partial charge in [-0.15, -0.1) is 0 Å². The van der Waals surface area contributed by atoms with E-state index in [9.17, 15) is 4.79 Å². The maximum absolute atomic E-state index is 11.2. The molecule has 0 heterocycles. The zero-order valence-electron chi connectivity index (χ0n) is 11.2. The number of nitrogens with two attached hydrogens (primary N) is 1. The van der Waals surface area contributed by atoms with Crippen LogP contribution in [0.3, 0.4) is 0 Å². The van der Waals surface area contributed by atoms with Gasteiger partial charge in [-0.2, -0.15) is 0 Å². The van der Waals surface area contributed by atoms with Crippen LogP contribution in [0.25, 0.3) is 0 Å². The Morgan fingerprint density at radius 1 is 1.22 bits per heavy atom. The van der Waals surface area contributed by atoms with Crippen LogP contribution in [-0.2, 0) is 11.2 Å². The van der Waals surface area contributed by atoms with Crippen molar-refractivity contribution in [2.45, 2.75) is 51.5 Å². The zero-order valence-corrected chi connectivity index (χ0v) is 11.2. The summed E-state index contributed by atoms with van der Waals surface area (Å²) in [7, 11) is 0. The molecule has 2 N–H and O–H groups in total. The first-order chi connectivity index (χ1) is 8.70. The van der Waals surface area contributed by atoms with Crippen LogP contribution in [0.5, 0.6) is 0 Å². The van der Waals surface area contributed by atoms with Crippen molar-refractivity contribution >= 4 is 5.78 Å². The molecule has 0 radical (unpaired) electrons. The standard InChI is InChI=1S/C16H23NO/c1-2-3-12-4-6-13(7-5-12)16(17)14-8-10-15(18)11-9-14/h4-7,14,16H,2-3,8-11,17H2,1H3. The average molecular weight is 245 g/mol. The summed E-state index contributed by atoms with van der Waals surface area (Å²) < 4.78 is 0. The summed E-state index contributed by atoms with van der Waals surface area (Å²) in [5.74, 6) is 0.872. The van der Waals surface area contributed by atoms with Crippen LogP contribution in [0.1, 0.15) is 56.2 Å². The molecule has 1 fully saturated rings. The topological polar surface area (TPSA) is 43.1 Å². The molecular weight excluding hydrogens is 222 g/mol. The molecular formula is C16H23NO. The molecule has 0 amide bonds. The lowest BCUT2D eigenvalue weighted by atomic mass is 9.81. The molecule has 1 aliphatic rings. The van der Waals surface area contributed by atoms with E-state index in [0.717, 1.165) is 19.3 Å². The summed E-state index contributed by atoms with van der Waals surface area (Å²) in [6.07, 6.45) is 5.65. The van der Waals surface area contributed by atoms with Crippen molar-refractivity contribution in [1.29, 1.82) is 0 Å². The molecule has 0 spiro atoms. The van der Waals surface area contributed by atoms with Gasteiger partial charge in [0.25, 0.3) is 0 Å². The van der Waals surface area contributed by atoms with Crippen LogP contribution in [0.2, 0.25) is 0 Å². The van der Waals surface area contributed by atoms with Gasteiger partial charge in [0.05, 0.1) is 0 Å². The minimum absolute atomic E-state index is 0.0915. The number of ketones is 1. The largest absolute Gasteiger partial charge is 0.324 e. The molecule has 1 saturated carbocycles. The van der Waals surface area contributed by atoms with E-state index < -0.39 is 0 Å². The predicted octanol–water partition coefficient (Wildman–Crippen LogP) is 3.40. The lowest BCUT2D eigenvalue weighted by Gasteiger charge is -2.27. The van der Waals surface area contributed by atoms with Crippen LogP contribution < -0.4 is 5.73 Å². The quantitative estimate of drug-likeness (QED) is 0.883. The SMILES string of the molecule is CCCc1ccc(C(N)C2CCC(=O)CC2)cc1. The van der Waals surface area contributed by atoms with Crippen LogP contribution in [0, 0.1) is 5.92 Å². The van der Waals surface area contributed by atoms with E-state index in [1.54, 1.807) is 0 Å². The van der Waals surface area contributed by atoms with Gasteiger partial charge in [0.1, 0.15) is 5.78 Å². The summed E-state index contributed by atoms with van der Waals surface area (Å²) in [5, 5.41) is 0. The van der Waals surface area contributed by atoms with Crippen molar-refractivity contribution in [2.24, 2.45) is 11.7 Å². The molecule has 2 rings (SSSR count). The van der Waals surface area contributed by atoms with E-state index in [0.29, 0.717) is 24.5 Å². The Kier molecular flexibility index (Phi) is 4.54. The van der Waals surface area contributed by atoms with E-state index >= 15 is 0 Å². The molecule has 1 aromatic carbocycles. The highest BCUT2D eigenvalue weighted by Crippen LogP contribution is 2.31. The van der Waals surface area contributed by atoms with Gasteiger partial charge in [0.2, 0.25) is 0 Å². The number of hydrogen-bond donors (Lipinski definition) is 1. The Morgan fingerprint density at radius 2 is 1.83 bits per heavy atom. The van der Waals surface area contributed by atoms with Crippen molar-refractivity contribution < 1.29 is 4.79 Å². The van der Waals surface area contributed by atoms with Crippen molar-refractivity contribution in [3.05, 3.63) is 35.4 Å². The molecule has 0 bridgehead atoms. The zero-order chi connectivity index (χ0) is 13.0. The molecule has 1 unspecified atom stereocenters. The van der Waals surface area contributed by atoms with E-state index in [1.165, 1.54) is 17.5 Å². The van der Waals surface area contributed by atoms with Gasteiger partial charge in [-0.05, 0) is 36.3 Å². The van der Waals surface area contributed by atoms with E-state index in [-0.39, 0.29) is 6.04 Å². The van der Waals surface area contributed by atoms with E-state index in [1.807, 2.05) is 0 Å². The smallest absolute Gasteiger partial charge is 0.132 e. The van der Waals surface area contributed by atoms with E-state index in [2.05, 4.69) is 31.2 Å². The highest BCUT2D eigenvalue weighted by Gasteiger charge is 2.24. The fraction of sp³-hybridized carbons (Fsp3) is 0.562. The summed E-state index contributed by atoms with van der Waals surface area (Å²) in [6.45, 7) is 2.19. The van der Waals surface area contributed by atoms with Crippen LogP contribution in [-0.4, -0.2) is 5.78 Å². The molecule has 0 aliphatic heterocycles. The third-order valence-corrected chi connectivity index (χ3v) is 4.00. The molecule has 0 saturated heterocycles. The van der Waals surface area contributed by atoms with E-state index in [4.69, 9.17) is 5.73 Å². The Labute approximate surface area is 110 Å². The molecule has 1 aliphatic carbocycles. The molecule has 18 heavy (non-hydrogen) atoms. The second-order valence-corrected chi connectivity index (χ2v) is 5.39. The van der Waals surface area contributed by atoms with Gasteiger partial charge in [-0.25, -0.2) is 0 Å². The van der Waals surface area contributed by atoms with Crippen molar-refractivity contribution in [1.82, 2.24) is 0 Å². The van der Waals surface area contributed by atoms with Gasteiger partial charge in [-0.1, -0.05) is 37.6 Å². The first kappa shape index (κ1) is 13.3. The normalized spacial score (nSPS) is 18.9. The molecule has 1 atom stereocenters. The number of hydrogen-bond acceptors (Lipinski definition) is 2. The summed E-state index contributed by atoms with van der Waals surface area (Å²) in [6, 6.07) is 8.78. The van der Waals surface area contributed by atoms with Gasteiger partial charge < -0.3 is 5.73 Å². The molecule has 0 aromatic heterocycles. The predicted molar refractivity (Wildman–Crippen MR) is 74.3 cm³/mol. The monoisotopic (exact) mass is 245 g/mol. The van der Waals surface area contributed by atoms with Gasteiger partial charge in [0, 0.05) is 18.9 Å².